The van der Waals surface area contributed by atoms with Gasteiger partial charge in [0.15, 0.2) is 11.5 Å². The molecule has 1 fully saturated rings. The van der Waals surface area contributed by atoms with Gasteiger partial charge in [0.05, 0.1) is 33.4 Å². The zero-order valence-corrected chi connectivity index (χ0v) is 18.1. The van der Waals surface area contributed by atoms with E-state index in [0.29, 0.717) is 35.4 Å². The second-order valence-electron chi connectivity index (χ2n) is 8.19. The summed E-state index contributed by atoms with van der Waals surface area (Å²) in [4.78, 5) is 0. The number of hydrogen-bond acceptors (Lipinski definition) is 10. The molecule has 3 heterocycles. The fourth-order valence-electron chi connectivity index (χ4n) is 4.58. The monoisotopic (exact) mass is 462 g/mol. The molecule has 0 radical (unpaired) electrons. The van der Waals surface area contributed by atoms with E-state index in [1.54, 1.807) is 32.4 Å². The molecule has 0 saturated carbocycles. The van der Waals surface area contributed by atoms with Gasteiger partial charge in [-0.2, -0.15) is 0 Å². The Morgan fingerprint density at radius 3 is 2.48 bits per heavy atom. The van der Waals surface area contributed by atoms with Crippen molar-refractivity contribution in [2.45, 2.75) is 42.7 Å². The summed E-state index contributed by atoms with van der Waals surface area (Å²) in [7, 11) is 3.14. The summed E-state index contributed by atoms with van der Waals surface area (Å²) < 4.78 is 34.3. The molecule has 2 aromatic rings. The lowest BCUT2D eigenvalue weighted by atomic mass is 9.89. The molecule has 0 unspecified atom stereocenters. The van der Waals surface area contributed by atoms with Crippen LogP contribution in [0.4, 0.5) is 0 Å². The average molecular weight is 462 g/mol. The quantitative estimate of drug-likeness (QED) is 0.497. The molecule has 178 valence electrons. The van der Waals surface area contributed by atoms with Crippen LogP contribution in [0.25, 0.3) is 0 Å². The van der Waals surface area contributed by atoms with Crippen LogP contribution in [0.2, 0.25) is 0 Å². The molecule has 3 aliphatic heterocycles. The maximum atomic E-state index is 10.2. The summed E-state index contributed by atoms with van der Waals surface area (Å²) in [5.74, 6) is 2.60. The molecule has 4 N–H and O–H groups in total. The SMILES string of the molecule is COc1ccc2c(c1OC)O[C@@H]1c3ccc(O[C@H]4O[C@H](CO)[C@@H](O)[C@H](O)[C@H]4O)cc3OC[C@@H]21. The van der Waals surface area contributed by atoms with Gasteiger partial charge in [0.2, 0.25) is 12.0 Å². The molecule has 0 aromatic heterocycles. The third-order valence-corrected chi connectivity index (χ3v) is 6.35. The number of ether oxygens (including phenoxy) is 6. The van der Waals surface area contributed by atoms with Gasteiger partial charge in [-0.25, -0.2) is 0 Å². The zero-order valence-electron chi connectivity index (χ0n) is 18.1. The van der Waals surface area contributed by atoms with Crippen LogP contribution in [0.3, 0.4) is 0 Å². The average Bonchev–Trinajstić information content (AvgIpc) is 3.22. The first kappa shape index (κ1) is 22.1. The molecule has 0 aliphatic carbocycles. The first-order chi connectivity index (χ1) is 16.0. The summed E-state index contributed by atoms with van der Waals surface area (Å²) in [5.41, 5.74) is 1.80. The van der Waals surface area contributed by atoms with Gasteiger partial charge in [0.1, 0.15) is 42.0 Å². The van der Waals surface area contributed by atoms with E-state index in [1.807, 2.05) is 12.1 Å². The van der Waals surface area contributed by atoms with Gasteiger partial charge in [-0.05, 0) is 18.2 Å². The Morgan fingerprint density at radius 1 is 0.970 bits per heavy atom. The summed E-state index contributed by atoms with van der Waals surface area (Å²) in [6.07, 6.45) is -7.09. The standard InChI is InChI=1S/C23H26O10/c1-28-14-6-5-11-13-9-30-15-7-10(3-4-12(15)20(13)33-21(11)22(14)29-2)31-23-19(27)18(26)17(25)16(8-24)32-23/h3-7,13,16-20,23-27H,8-9H2,1-2H3/t13-,16+,17+,18-,19+,20+,23-/m0/s1. The largest absolute Gasteiger partial charge is 0.493 e. The van der Waals surface area contributed by atoms with E-state index < -0.39 is 37.3 Å². The van der Waals surface area contributed by atoms with Crippen molar-refractivity contribution in [3.8, 4) is 28.7 Å². The molecule has 1 saturated heterocycles. The predicted octanol–water partition coefficient (Wildman–Crippen LogP) is 0.492. The summed E-state index contributed by atoms with van der Waals surface area (Å²) in [6.45, 7) is -0.156. The Kier molecular flexibility index (Phi) is 5.71. The first-order valence-electron chi connectivity index (χ1n) is 10.6. The van der Waals surface area contributed by atoms with Crippen molar-refractivity contribution in [1.29, 1.82) is 0 Å². The fourth-order valence-corrected chi connectivity index (χ4v) is 4.58. The third-order valence-electron chi connectivity index (χ3n) is 6.35. The normalized spacial score (nSPS) is 32.0. The summed E-state index contributed by atoms with van der Waals surface area (Å²) in [6, 6.07) is 8.93. The van der Waals surface area contributed by atoms with Crippen LogP contribution >= 0.6 is 0 Å². The second-order valence-corrected chi connectivity index (χ2v) is 8.19. The number of hydrogen-bond donors (Lipinski definition) is 4. The second kappa shape index (κ2) is 8.54. The van der Waals surface area contributed by atoms with E-state index in [4.69, 9.17) is 28.4 Å². The highest BCUT2D eigenvalue weighted by Crippen LogP contribution is 2.56. The lowest BCUT2D eigenvalue weighted by Crippen LogP contribution is -2.60. The van der Waals surface area contributed by atoms with Crippen LogP contribution in [0.15, 0.2) is 30.3 Å². The van der Waals surface area contributed by atoms with Crippen LogP contribution in [-0.2, 0) is 4.74 Å². The van der Waals surface area contributed by atoms with Gasteiger partial charge in [-0.1, -0.05) is 6.07 Å². The van der Waals surface area contributed by atoms with E-state index in [-0.39, 0.29) is 12.0 Å². The molecule has 10 heteroatoms. The molecule has 0 amide bonds. The number of benzene rings is 2. The smallest absolute Gasteiger partial charge is 0.229 e. The van der Waals surface area contributed by atoms with Gasteiger partial charge >= 0.3 is 0 Å². The Labute approximate surface area is 189 Å². The molecule has 5 rings (SSSR count). The van der Waals surface area contributed by atoms with Crippen molar-refractivity contribution >= 4 is 0 Å². The van der Waals surface area contributed by atoms with Crippen molar-refractivity contribution in [3.63, 3.8) is 0 Å². The predicted molar refractivity (Wildman–Crippen MR) is 112 cm³/mol. The van der Waals surface area contributed by atoms with E-state index in [0.717, 1.165) is 11.1 Å². The molecule has 7 atom stereocenters. The van der Waals surface area contributed by atoms with Crippen LogP contribution in [0, 0.1) is 0 Å². The van der Waals surface area contributed by atoms with Crippen LogP contribution < -0.4 is 23.7 Å². The lowest BCUT2D eigenvalue weighted by molar-refractivity contribution is -0.277. The van der Waals surface area contributed by atoms with Crippen molar-refractivity contribution < 1.29 is 48.8 Å². The van der Waals surface area contributed by atoms with Gasteiger partial charge in [0.25, 0.3) is 0 Å². The minimum Gasteiger partial charge on any atom is -0.493 e. The highest BCUT2D eigenvalue weighted by molar-refractivity contribution is 5.61. The Balaban J connectivity index is 1.38. The molecule has 0 bridgehead atoms. The van der Waals surface area contributed by atoms with Crippen molar-refractivity contribution in [3.05, 3.63) is 41.5 Å². The number of methoxy groups -OCH3 is 2. The molecule has 10 nitrogen and oxygen atoms in total. The third kappa shape index (κ3) is 3.54. The molecule has 33 heavy (non-hydrogen) atoms. The van der Waals surface area contributed by atoms with Gasteiger partial charge in [-0.15, -0.1) is 0 Å². The summed E-state index contributed by atoms with van der Waals surface area (Å²) >= 11 is 0. The molecule has 2 aromatic carbocycles. The van der Waals surface area contributed by atoms with E-state index in [1.165, 1.54) is 0 Å². The van der Waals surface area contributed by atoms with Gasteiger partial charge in [-0.3, -0.25) is 0 Å². The minimum atomic E-state index is -1.52. The Hall–Kier alpha value is -2.76. The Morgan fingerprint density at radius 2 is 1.76 bits per heavy atom. The molecule has 0 spiro atoms. The van der Waals surface area contributed by atoms with Crippen LogP contribution in [0.5, 0.6) is 28.7 Å². The lowest BCUT2D eigenvalue weighted by Gasteiger charge is -2.39. The number of fused-ring (bicyclic) bond motifs is 5. The number of aliphatic hydroxyl groups is 4. The summed E-state index contributed by atoms with van der Waals surface area (Å²) in [5, 5.41) is 39.5. The molecular formula is C23H26O10. The highest BCUT2D eigenvalue weighted by Gasteiger charge is 2.46. The van der Waals surface area contributed by atoms with Gasteiger partial charge < -0.3 is 48.8 Å². The molecular weight excluding hydrogens is 436 g/mol. The van der Waals surface area contributed by atoms with E-state index >= 15 is 0 Å². The maximum absolute atomic E-state index is 10.2. The Bertz CT molecular complexity index is 1020. The topological polar surface area (TPSA) is 136 Å². The number of rotatable bonds is 5. The van der Waals surface area contributed by atoms with Crippen molar-refractivity contribution in [2.75, 3.05) is 27.4 Å². The zero-order chi connectivity index (χ0) is 23.3. The van der Waals surface area contributed by atoms with E-state index in [2.05, 4.69) is 0 Å². The number of aliphatic hydroxyl groups excluding tert-OH is 4. The van der Waals surface area contributed by atoms with Crippen molar-refractivity contribution in [2.24, 2.45) is 0 Å². The van der Waals surface area contributed by atoms with E-state index in [9.17, 15) is 20.4 Å². The van der Waals surface area contributed by atoms with Gasteiger partial charge in [0, 0.05) is 17.2 Å². The highest BCUT2D eigenvalue weighted by atomic mass is 16.7. The maximum Gasteiger partial charge on any atom is 0.229 e. The van der Waals surface area contributed by atoms with Crippen LogP contribution in [-0.4, -0.2) is 78.6 Å². The van der Waals surface area contributed by atoms with Crippen molar-refractivity contribution in [1.82, 2.24) is 0 Å². The first-order valence-corrected chi connectivity index (χ1v) is 10.6. The fraction of sp³-hybridized carbons (Fsp3) is 0.478. The minimum absolute atomic E-state index is 0.0236. The van der Waals surface area contributed by atoms with Crippen LogP contribution in [0.1, 0.15) is 23.1 Å². The molecule has 3 aliphatic rings.